The molecule has 0 saturated carbocycles. The van der Waals surface area contributed by atoms with Crippen LogP contribution in [0.3, 0.4) is 0 Å². The Morgan fingerprint density at radius 1 is 1.21 bits per heavy atom. The number of pyridine rings is 1. The van der Waals surface area contributed by atoms with Gasteiger partial charge >= 0.3 is 0 Å². The van der Waals surface area contributed by atoms with Crippen LogP contribution in [0.2, 0.25) is 5.15 Å². The number of halogens is 1. The molecule has 0 spiro atoms. The lowest BCUT2D eigenvalue weighted by molar-refractivity contribution is 0.102. The second kappa shape index (κ2) is 5.85. The maximum Gasteiger partial charge on any atom is 0.258 e. The first kappa shape index (κ1) is 13.6. The number of aromatic nitrogens is 1. The molecule has 1 N–H and O–H groups in total. The van der Waals surface area contributed by atoms with Crippen LogP contribution in [0.4, 0.5) is 5.69 Å². The van der Waals surface area contributed by atoms with E-state index in [0.29, 0.717) is 11.5 Å². The highest BCUT2D eigenvalue weighted by Crippen LogP contribution is 2.24. The summed E-state index contributed by atoms with van der Waals surface area (Å²) in [7, 11) is 0. The summed E-state index contributed by atoms with van der Waals surface area (Å²) in [6, 6.07) is 11.1. The topological polar surface area (TPSA) is 42.0 Å². The minimum atomic E-state index is -0.244. The molecule has 3 nitrogen and oxygen atoms in total. The Morgan fingerprint density at radius 3 is 2.63 bits per heavy atom. The fraction of sp³-hybridized carbons (Fsp3) is 0.200. The van der Waals surface area contributed by atoms with Crippen molar-refractivity contribution in [2.45, 2.75) is 19.8 Å². The van der Waals surface area contributed by atoms with Crippen molar-refractivity contribution in [1.82, 2.24) is 4.98 Å². The lowest BCUT2D eigenvalue weighted by Gasteiger charge is -2.13. The molecule has 0 radical (unpaired) electrons. The van der Waals surface area contributed by atoms with Gasteiger partial charge in [0, 0.05) is 11.9 Å². The van der Waals surface area contributed by atoms with Crippen molar-refractivity contribution in [3.63, 3.8) is 0 Å². The Kier molecular flexibility index (Phi) is 4.17. The molecule has 1 heterocycles. The van der Waals surface area contributed by atoms with Gasteiger partial charge < -0.3 is 5.32 Å². The summed E-state index contributed by atoms with van der Waals surface area (Å²) in [6.45, 7) is 4.17. The third-order valence-corrected chi connectivity index (χ3v) is 3.14. The number of hydrogen-bond donors (Lipinski definition) is 1. The monoisotopic (exact) mass is 274 g/mol. The van der Waals surface area contributed by atoms with Crippen molar-refractivity contribution in [2.24, 2.45) is 0 Å². The summed E-state index contributed by atoms with van der Waals surface area (Å²) in [5.41, 5.74) is 2.28. The van der Waals surface area contributed by atoms with E-state index in [1.807, 2.05) is 24.3 Å². The quantitative estimate of drug-likeness (QED) is 0.856. The van der Waals surface area contributed by atoms with Gasteiger partial charge in [-0.05, 0) is 29.7 Å². The number of hydrogen-bond acceptors (Lipinski definition) is 2. The zero-order valence-electron chi connectivity index (χ0n) is 10.9. The number of rotatable bonds is 3. The molecule has 0 aliphatic carbocycles. The smallest absolute Gasteiger partial charge is 0.258 e. The number of benzene rings is 1. The van der Waals surface area contributed by atoms with Gasteiger partial charge in [0.1, 0.15) is 5.15 Å². The molecule has 0 bridgehead atoms. The van der Waals surface area contributed by atoms with Crippen LogP contribution in [0.5, 0.6) is 0 Å². The minimum absolute atomic E-state index is 0.210. The first-order valence-corrected chi connectivity index (χ1v) is 6.48. The highest BCUT2D eigenvalue weighted by molar-refractivity contribution is 6.33. The molecule has 0 atom stereocenters. The molecule has 2 aromatic rings. The SMILES string of the molecule is CC(C)c1ccccc1NC(=O)c1cccnc1Cl. The minimum Gasteiger partial charge on any atom is -0.322 e. The van der Waals surface area contributed by atoms with Crippen LogP contribution in [0.1, 0.15) is 35.7 Å². The zero-order valence-corrected chi connectivity index (χ0v) is 11.6. The van der Waals surface area contributed by atoms with Crippen LogP contribution in [0.25, 0.3) is 0 Å². The van der Waals surface area contributed by atoms with Gasteiger partial charge in [0.05, 0.1) is 5.56 Å². The Bertz CT molecular complexity index is 596. The van der Waals surface area contributed by atoms with E-state index in [1.165, 1.54) is 0 Å². The van der Waals surface area contributed by atoms with Gasteiger partial charge in [-0.2, -0.15) is 0 Å². The van der Waals surface area contributed by atoms with Crippen LogP contribution in [0, 0.1) is 0 Å². The normalized spacial score (nSPS) is 10.5. The molecular weight excluding hydrogens is 260 g/mol. The van der Waals surface area contributed by atoms with Crippen LogP contribution < -0.4 is 5.32 Å². The molecule has 19 heavy (non-hydrogen) atoms. The van der Waals surface area contributed by atoms with Gasteiger partial charge in [0.2, 0.25) is 0 Å². The highest BCUT2D eigenvalue weighted by atomic mass is 35.5. The molecule has 0 aliphatic heterocycles. The van der Waals surface area contributed by atoms with Crippen molar-refractivity contribution in [3.8, 4) is 0 Å². The average molecular weight is 275 g/mol. The maximum atomic E-state index is 12.2. The lowest BCUT2D eigenvalue weighted by Crippen LogP contribution is -2.14. The third kappa shape index (κ3) is 3.12. The molecule has 4 heteroatoms. The van der Waals surface area contributed by atoms with E-state index >= 15 is 0 Å². The fourth-order valence-electron chi connectivity index (χ4n) is 1.86. The average Bonchev–Trinajstić information content (AvgIpc) is 2.39. The number of anilines is 1. The molecule has 1 aromatic carbocycles. The van der Waals surface area contributed by atoms with E-state index in [1.54, 1.807) is 18.3 Å². The standard InChI is InChI=1S/C15H15ClN2O/c1-10(2)11-6-3-4-8-13(11)18-15(19)12-7-5-9-17-14(12)16/h3-10H,1-2H3,(H,18,19). The molecule has 1 aromatic heterocycles. The van der Waals surface area contributed by atoms with Crippen LogP contribution >= 0.6 is 11.6 Å². The van der Waals surface area contributed by atoms with E-state index in [4.69, 9.17) is 11.6 Å². The number of carbonyl (C=O) groups excluding carboxylic acids is 1. The number of nitrogens with one attached hydrogen (secondary N) is 1. The Morgan fingerprint density at radius 2 is 1.95 bits per heavy atom. The Balaban J connectivity index is 2.27. The van der Waals surface area contributed by atoms with Crippen molar-refractivity contribution in [1.29, 1.82) is 0 Å². The molecule has 0 saturated heterocycles. The maximum absolute atomic E-state index is 12.2. The zero-order chi connectivity index (χ0) is 13.8. The van der Waals surface area contributed by atoms with Crippen molar-refractivity contribution < 1.29 is 4.79 Å². The van der Waals surface area contributed by atoms with Crippen molar-refractivity contribution in [3.05, 3.63) is 58.9 Å². The van der Waals surface area contributed by atoms with Crippen LogP contribution in [-0.2, 0) is 0 Å². The Hall–Kier alpha value is -1.87. The van der Waals surface area contributed by atoms with E-state index in [9.17, 15) is 4.79 Å². The lowest BCUT2D eigenvalue weighted by atomic mass is 10.0. The molecule has 0 unspecified atom stereocenters. The first-order chi connectivity index (χ1) is 9.09. The van der Waals surface area contributed by atoms with E-state index in [0.717, 1.165) is 11.3 Å². The van der Waals surface area contributed by atoms with Gasteiger partial charge in [-0.15, -0.1) is 0 Å². The predicted octanol–water partition coefficient (Wildman–Crippen LogP) is 4.11. The van der Waals surface area contributed by atoms with Gasteiger partial charge in [0.25, 0.3) is 5.91 Å². The van der Waals surface area contributed by atoms with Crippen molar-refractivity contribution >= 4 is 23.2 Å². The number of carbonyl (C=O) groups is 1. The molecule has 0 fully saturated rings. The van der Waals surface area contributed by atoms with Gasteiger partial charge in [0.15, 0.2) is 0 Å². The summed E-state index contributed by atoms with van der Waals surface area (Å²) < 4.78 is 0. The summed E-state index contributed by atoms with van der Waals surface area (Å²) in [6.07, 6.45) is 1.56. The Labute approximate surface area is 117 Å². The summed E-state index contributed by atoms with van der Waals surface area (Å²) in [5, 5.41) is 3.10. The third-order valence-electron chi connectivity index (χ3n) is 2.83. The van der Waals surface area contributed by atoms with Crippen molar-refractivity contribution in [2.75, 3.05) is 5.32 Å². The molecular formula is C15H15ClN2O. The van der Waals surface area contributed by atoms with E-state index in [2.05, 4.69) is 24.1 Å². The van der Waals surface area contributed by atoms with E-state index in [-0.39, 0.29) is 11.1 Å². The number of nitrogens with zero attached hydrogens (tertiary/aromatic N) is 1. The van der Waals surface area contributed by atoms with Crippen LogP contribution in [-0.4, -0.2) is 10.9 Å². The summed E-state index contributed by atoms with van der Waals surface area (Å²) in [5.74, 6) is 0.0899. The second-order valence-corrected chi connectivity index (χ2v) is 4.90. The summed E-state index contributed by atoms with van der Waals surface area (Å²) in [4.78, 5) is 16.1. The predicted molar refractivity (Wildman–Crippen MR) is 77.7 cm³/mol. The molecule has 0 aliphatic rings. The summed E-state index contributed by atoms with van der Waals surface area (Å²) >= 11 is 5.92. The number of para-hydroxylation sites is 1. The molecule has 2 rings (SSSR count). The molecule has 1 amide bonds. The van der Waals surface area contributed by atoms with Gasteiger partial charge in [-0.25, -0.2) is 4.98 Å². The highest BCUT2D eigenvalue weighted by Gasteiger charge is 2.13. The second-order valence-electron chi connectivity index (χ2n) is 4.54. The van der Waals surface area contributed by atoms with E-state index < -0.39 is 0 Å². The van der Waals surface area contributed by atoms with Crippen LogP contribution in [0.15, 0.2) is 42.6 Å². The molecule has 98 valence electrons. The first-order valence-electron chi connectivity index (χ1n) is 6.10. The largest absolute Gasteiger partial charge is 0.322 e. The van der Waals surface area contributed by atoms with Gasteiger partial charge in [-0.3, -0.25) is 4.79 Å². The fourth-order valence-corrected chi connectivity index (χ4v) is 2.06. The van der Waals surface area contributed by atoms with Gasteiger partial charge in [-0.1, -0.05) is 43.6 Å². The number of amides is 1.